The summed E-state index contributed by atoms with van der Waals surface area (Å²) in [5.74, 6) is 2.00. The van der Waals surface area contributed by atoms with Crippen LogP contribution in [0.4, 0.5) is 5.82 Å². The summed E-state index contributed by atoms with van der Waals surface area (Å²) >= 11 is 6.24. The van der Waals surface area contributed by atoms with E-state index in [0.29, 0.717) is 36.5 Å². The highest BCUT2D eigenvalue weighted by Gasteiger charge is 2.31. The highest BCUT2D eigenvalue weighted by Crippen LogP contribution is 2.31. The number of aromatic nitrogens is 4. The van der Waals surface area contributed by atoms with Gasteiger partial charge in [0.1, 0.15) is 12.4 Å². The summed E-state index contributed by atoms with van der Waals surface area (Å²) in [7, 11) is 1.64. The van der Waals surface area contributed by atoms with Gasteiger partial charge in [-0.15, -0.1) is 0 Å². The van der Waals surface area contributed by atoms with Gasteiger partial charge in [-0.3, -0.25) is 4.79 Å². The van der Waals surface area contributed by atoms with Gasteiger partial charge < -0.3 is 14.5 Å². The van der Waals surface area contributed by atoms with E-state index in [1.54, 1.807) is 7.11 Å². The van der Waals surface area contributed by atoms with Gasteiger partial charge in [-0.25, -0.2) is 14.6 Å². The van der Waals surface area contributed by atoms with Gasteiger partial charge in [0, 0.05) is 44.2 Å². The number of carbonyl (C=O) groups excluding carboxylic acids is 1. The first-order valence-electron chi connectivity index (χ1n) is 11.6. The smallest absolute Gasteiger partial charge is 0.225 e. The van der Waals surface area contributed by atoms with Crippen molar-refractivity contribution in [3.05, 3.63) is 40.8 Å². The van der Waals surface area contributed by atoms with Crippen LogP contribution in [0.15, 0.2) is 24.3 Å². The average molecular weight is 469 g/mol. The number of benzene rings is 1. The van der Waals surface area contributed by atoms with Gasteiger partial charge in [-0.2, -0.15) is 5.10 Å². The molecule has 8 nitrogen and oxygen atoms in total. The van der Waals surface area contributed by atoms with Crippen LogP contribution in [0.5, 0.6) is 0 Å². The third kappa shape index (κ3) is 4.29. The van der Waals surface area contributed by atoms with Crippen molar-refractivity contribution >= 4 is 34.4 Å². The van der Waals surface area contributed by atoms with E-state index >= 15 is 0 Å². The van der Waals surface area contributed by atoms with Gasteiger partial charge in [0.2, 0.25) is 5.91 Å². The van der Waals surface area contributed by atoms with Crippen molar-refractivity contribution < 1.29 is 9.53 Å². The predicted octanol–water partition coefficient (Wildman–Crippen LogP) is 3.76. The number of rotatable bonds is 5. The highest BCUT2D eigenvalue weighted by molar-refractivity contribution is 6.30. The van der Waals surface area contributed by atoms with Gasteiger partial charge >= 0.3 is 0 Å². The molecule has 0 bridgehead atoms. The number of piperazine rings is 1. The van der Waals surface area contributed by atoms with Crippen molar-refractivity contribution in [3.63, 3.8) is 0 Å². The number of hydrogen-bond acceptors (Lipinski definition) is 6. The number of carbonyl (C=O) groups is 1. The molecule has 0 spiro atoms. The van der Waals surface area contributed by atoms with Crippen LogP contribution >= 0.6 is 11.6 Å². The Labute approximate surface area is 198 Å². The lowest BCUT2D eigenvalue weighted by Gasteiger charge is -2.37. The molecule has 2 aliphatic rings. The quantitative estimate of drug-likeness (QED) is 0.567. The second-order valence-electron chi connectivity index (χ2n) is 8.87. The maximum atomic E-state index is 12.9. The molecule has 1 aliphatic heterocycles. The van der Waals surface area contributed by atoms with E-state index in [1.165, 1.54) is 12.8 Å². The number of methoxy groups -OCH3 is 1. The molecule has 33 heavy (non-hydrogen) atoms. The number of halogens is 1. The van der Waals surface area contributed by atoms with E-state index in [0.717, 1.165) is 54.2 Å². The average Bonchev–Trinajstić information content (AvgIpc) is 3.47. The van der Waals surface area contributed by atoms with Crippen molar-refractivity contribution in [3.8, 4) is 5.69 Å². The van der Waals surface area contributed by atoms with Crippen LogP contribution in [-0.2, 0) is 16.1 Å². The minimum absolute atomic E-state index is 0.216. The Morgan fingerprint density at radius 2 is 1.91 bits per heavy atom. The zero-order valence-corrected chi connectivity index (χ0v) is 19.9. The van der Waals surface area contributed by atoms with Gasteiger partial charge in [0.05, 0.1) is 16.8 Å². The first-order chi connectivity index (χ1) is 16.0. The number of nitrogens with zero attached hydrogens (tertiary/aromatic N) is 6. The number of fused-ring (bicyclic) bond motifs is 1. The number of hydrogen-bond donors (Lipinski definition) is 0. The molecule has 5 rings (SSSR count). The number of aryl methyl sites for hydroxylation is 1. The lowest BCUT2D eigenvalue weighted by molar-refractivity contribution is -0.135. The summed E-state index contributed by atoms with van der Waals surface area (Å²) in [4.78, 5) is 26.8. The number of ether oxygens (including phenoxy) is 1. The molecular formula is C24H29ClN6O2. The Kier molecular flexibility index (Phi) is 6.21. The lowest BCUT2D eigenvalue weighted by atomic mass is 10.1. The van der Waals surface area contributed by atoms with Gasteiger partial charge in [0.15, 0.2) is 11.5 Å². The molecule has 0 N–H and O–H groups in total. The fraction of sp³-hybridized carbons (Fsp3) is 0.500. The summed E-state index contributed by atoms with van der Waals surface area (Å²) in [6.45, 7) is 5.18. The maximum absolute atomic E-state index is 12.9. The standard InChI is InChI=1S/C24H29ClN6O2/c1-16-21-22(29-10-12-30(13-11-29)24(32)17-6-3-4-7-17)26-20(15-33-2)27-23(21)31(28-16)19-9-5-8-18(25)14-19/h5,8-9,14,17H,3-4,6-7,10-13,15H2,1-2H3. The van der Waals surface area contributed by atoms with Crippen LogP contribution in [0.1, 0.15) is 37.2 Å². The minimum Gasteiger partial charge on any atom is -0.377 e. The van der Waals surface area contributed by atoms with Crippen LogP contribution < -0.4 is 4.90 Å². The second-order valence-corrected chi connectivity index (χ2v) is 9.30. The third-order valence-corrected chi connectivity index (χ3v) is 6.89. The molecule has 1 saturated heterocycles. The zero-order valence-electron chi connectivity index (χ0n) is 19.1. The lowest BCUT2D eigenvalue weighted by Crippen LogP contribution is -2.50. The predicted molar refractivity (Wildman–Crippen MR) is 128 cm³/mol. The van der Waals surface area contributed by atoms with Crippen molar-refractivity contribution in [2.45, 2.75) is 39.2 Å². The summed E-state index contributed by atoms with van der Waals surface area (Å²) in [5.41, 5.74) is 2.44. The molecule has 0 unspecified atom stereocenters. The minimum atomic E-state index is 0.216. The first kappa shape index (κ1) is 22.1. The molecule has 9 heteroatoms. The Balaban J connectivity index is 1.48. The second kappa shape index (κ2) is 9.27. The van der Waals surface area contributed by atoms with E-state index in [2.05, 4.69) is 4.90 Å². The first-order valence-corrected chi connectivity index (χ1v) is 12.0. The Bertz CT molecular complexity index is 1170. The molecule has 1 aliphatic carbocycles. The van der Waals surface area contributed by atoms with Crippen molar-refractivity contribution in [2.75, 3.05) is 38.2 Å². The summed E-state index contributed by atoms with van der Waals surface area (Å²) in [5, 5.41) is 6.34. The number of anilines is 1. The normalized spacial score (nSPS) is 17.3. The Morgan fingerprint density at radius 1 is 1.15 bits per heavy atom. The zero-order chi connectivity index (χ0) is 22.9. The molecule has 2 aromatic heterocycles. The van der Waals surface area contributed by atoms with Crippen molar-refractivity contribution in [1.29, 1.82) is 0 Å². The van der Waals surface area contributed by atoms with E-state index in [-0.39, 0.29) is 5.92 Å². The van der Waals surface area contributed by atoms with Gasteiger partial charge in [0.25, 0.3) is 0 Å². The van der Waals surface area contributed by atoms with E-state index in [9.17, 15) is 4.79 Å². The van der Waals surface area contributed by atoms with E-state index in [4.69, 9.17) is 31.4 Å². The molecule has 0 atom stereocenters. The molecule has 174 valence electrons. The molecule has 3 heterocycles. The molecule has 1 amide bonds. The van der Waals surface area contributed by atoms with Crippen LogP contribution in [0.3, 0.4) is 0 Å². The Hall–Kier alpha value is -2.71. The van der Waals surface area contributed by atoms with Crippen LogP contribution in [0.2, 0.25) is 5.02 Å². The monoisotopic (exact) mass is 468 g/mol. The summed E-state index contributed by atoms with van der Waals surface area (Å²) in [6, 6.07) is 7.58. The molecule has 0 radical (unpaired) electrons. The molecular weight excluding hydrogens is 440 g/mol. The topological polar surface area (TPSA) is 76.4 Å². The summed E-state index contributed by atoms with van der Waals surface area (Å²) < 4.78 is 7.17. The SMILES string of the molecule is COCc1nc(N2CCN(C(=O)C3CCCC3)CC2)c2c(C)nn(-c3cccc(Cl)c3)c2n1. The van der Waals surface area contributed by atoms with Crippen LogP contribution in [0.25, 0.3) is 16.7 Å². The molecule has 3 aromatic rings. The fourth-order valence-electron chi connectivity index (χ4n) is 4.99. The third-order valence-electron chi connectivity index (χ3n) is 6.65. The summed E-state index contributed by atoms with van der Waals surface area (Å²) in [6.07, 6.45) is 4.42. The molecule has 2 fully saturated rings. The van der Waals surface area contributed by atoms with Crippen molar-refractivity contribution in [1.82, 2.24) is 24.6 Å². The van der Waals surface area contributed by atoms with Crippen LogP contribution in [-0.4, -0.2) is 63.8 Å². The Morgan fingerprint density at radius 3 is 2.61 bits per heavy atom. The van der Waals surface area contributed by atoms with Gasteiger partial charge in [-0.1, -0.05) is 30.5 Å². The van der Waals surface area contributed by atoms with Gasteiger partial charge in [-0.05, 0) is 38.0 Å². The largest absolute Gasteiger partial charge is 0.377 e. The highest BCUT2D eigenvalue weighted by atomic mass is 35.5. The fourth-order valence-corrected chi connectivity index (χ4v) is 5.17. The van der Waals surface area contributed by atoms with Crippen LogP contribution in [0, 0.1) is 12.8 Å². The van der Waals surface area contributed by atoms with E-state index < -0.39 is 0 Å². The van der Waals surface area contributed by atoms with Crippen molar-refractivity contribution in [2.24, 2.45) is 5.92 Å². The number of amides is 1. The van der Waals surface area contributed by atoms with E-state index in [1.807, 2.05) is 40.8 Å². The molecule has 1 aromatic carbocycles. The molecule has 1 saturated carbocycles. The maximum Gasteiger partial charge on any atom is 0.225 e.